The van der Waals surface area contributed by atoms with E-state index in [0.29, 0.717) is 28.4 Å². The zero-order valence-corrected chi connectivity index (χ0v) is 47.7. The van der Waals surface area contributed by atoms with Crippen LogP contribution in [0, 0.1) is 18.5 Å². The normalized spacial score (nSPS) is 13.3. The van der Waals surface area contributed by atoms with Gasteiger partial charge in [-0.15, -0.1) is 29.7 Å². The minimum Gasteiger partial charge on any atom is -0.510 e. The number of aromatic nitrogens is 4. The summed E-state index contributed by atoms with van der Waals surface area (Å²) in [6, 6.07) is 55.4. The molecule has 11 aromatic rings. The Hall–Kier alpha value is -7.33. The molecule has 0 atom stereocenters. The minimum atomic E-state index is -0.450. The summed E-state index contributed by atoms with van der Waals surface area (Å²) >= 11 is 0. The van der Waals surface area contributed by atoms with Gasteiger partial charge in [0.1, 0.15) is 5.82 Å². The SMILES string of the molecule is [2H]c1c([2H])c([2H])c(-c2cccc(-c3cc(C(C)(C)C)cc(C(C)(C)C)c3)c2-[n+]2[c-]n(-c3[c-]c(Oc4[c-]c5c(cc4)c4ccccc4n5-c4cc(C(C)(C)C)ccn4)ccc3)c3cc(-c4ccc(C(C)(C)C)cc4)ccc32)c([2H])c1[2H].[Pt]. The molecule has 8 aromatic carbocycles. The summed E-state index contributed by atoms with van der Waals surface area (Å²) in [5.74, 6) is 1.76. The van der Waals surface area contributed by atoms with E-state index in [2.05, 4.69) is 209 Å². The molecule has 0 bridgehead atoms. The molecular weight excluding hydrogens is 1110 g/mol. The molecular formula is C70H66N4OPt-2. The Balaban J connectivity index is 0.00000736. The van der Waals surface area contributed by atoms with Gasteiger partial charge in [0, 0.05) is 44.3 Å². The summed E-state index contributed by atoms with van der Waals surface area (Å²) in [5, 5.41) is 2.11. The van der Waals surface area contributed by atoms with Crippen molar-refractivity contribution in [3.8, 4) is 62.1 Å². The van der Waals surface area contributed by atoms with E-state index in [0.717, 1.165) is 72.0 Å². The van der Waals surface area contributed by atoms with Gasteiger partial charge in [0.05, 0.1) is 23.6 Å². The van der Waals surface area contributed by atoms with Crippen LogP contribution in [0.15, 0.2) is 182 Å². The van der Waals surface area contributed by atoms with Crippen LogP contribution in [0.3, 0.4) is 0 Å². The predicted octanol–water partition coefficient (Wildman–Crippen LogP) is 17.8. The molecule has 0 N–H and O–H groups in total. The first-order valence-corrected chi connectivity index (χ1v) is 25.9. The van der Waals surface area contributed by atoms with Crippen molar-refractivity contribution < 1.29 is 37.2 Å². The Bertz CT molecular complexity index is 4200. The molecule has 0 amide bonds. The molecule has 384 valence electrons. The summed E-state index contributed by atoms with van der Waals surface area (Å²) in [5.41, 5.74) is 13.1. The van der Waals surface area contributed by atoms with E-state index >= 15 is 0 Å². The van der Waals surface area contributed by atoms with Crippen molar-refractivity contribution in [3.63, 3.8) is 0 Å². The average molecular weight is 1180 g/mol. The van der Waals surface area contributed by atoms with Crippen LogP contribution in [0.4, 0.5) is 0 Å². The number of ether oxygens (including phenoxy) is 1. The Kier molecular flexibility index (Phi) is 11.9. The number of fused-ring (bicyclic) bond motifs is 4. The first kappa shape index (κ1) is 46.0. The third kappa shape index (κ3) is 9.99. The maximum Gasteiger partial charge on any atom is 0.268 e. The standard InChI is InChI=1S/C70H66N4O.Pt/c1-67(2,3)50-31-28-46(29-32-50)48-30-35-62-64(40-48)72(45-73(62)66-57(47-20-14-13-15-21-47)25-19-26-58(66)49-38-52(69(7,8)9)41-53(39-49)70(10,11)12)54-22-18-23-55(43-54)75-56-33-34-60-59-24-16-17-27-61(59)74(63(60)44-56)65-42-51(36-37-71-65)68(4,5)6;/h13-42H,1-12H3;/q-2;/i13D,14D,15D,20D,21D;. The number of nitrogens with zero attached hydrogens (tertiary/aromatic N) is 4. The molecule has 11 rings (SSSR count). The first-order valence-electron chi connectivity index (χ1n) is 28.4. The van der Waals surface area contributed by atoms with E-state index in [1.807, 2.05) is 57.8 Å². The molecule has 0 fully saturated rings. The summed E-state index contributed by atoms with van der Waals surface area (Å²) in [6.07, 6.45) is 5.64. The maximum absolute atomic E-state index is 9.37. The molecule has 3 heterocycles. The van der Waals surface area contributed by atoms with Crippen molar-refractivity contribution >= 4 is 32.8 Å². The van der Waals surface area contributed by atoms with E-state index < -0.39 is 18.1 Å². The second-order valence-electron chi connectivity index (χ2n) is 23.9. The third-order valence-electron chi connectivity index (χ3n) is 14.4. The van der Waals surface area contributed by atoms with E-state index in [4.69, 9.17) is 13.8 Å². The molecule has 76 heavy (non-hydrogen) atoms. The molecule has 0 saturated carbocycles. The van der Waals surface area contributed by atoms with Crippen molar-refractivity contribution in [2.24, 2.45) is 0 Å². The number of para-hydroxylation sites is 2. The molecule has 0 radical (unpaired) electrons. The van der Waals surface area contributed by atoms with Crippen molar-refractivity contribution in [2.75, 3.05) is 0 Å². The quantitative estimate of drug-likeness (QED) is 0.112. The fourth-order valence-corrected chi connectivity index (χ4v) is 9.97. The van der Waals surface area contributed by atoms with Crippen molar-refractivity contribution in [1.82, 2.24) is 14.1 Å². The zero-order valence-electron chi connectivity index (χ0n) is 50.4. The van der Waals surface area contributed by atoms with Gasteiger partial charge in [0.15, 0.2) is 0 Å². The number of hydrogen-bond donors (Lipinski definition) is 0. The first-order chi connectivity index (χ1) is 37.8. The Morgan fingerprint density at radius 1 is 0.500 bits per heavy atom. The van der Waals surface area contributed by atoms with Crippen molar-refractivity contribution in [1.29, 1.82) is 0 Å². The number of hydrogen-bond acceptors (Lipinski definition) is 2. The molecule has 3 aromatic heterocycles. The van der Waals surface area contributed by atoms with Crippen LogP contribution >= 0.6 is 0 Å². The number of benzene rings is 8. The summed E-state index contributed by atoms with van der Waals surface area (Å²) in [7, 11) is 0. The Labute approximate surface area is 471 Å². The molecule has 6 heteroatoms. The topological polar surface area (TPSA) is 35.9 Å². The summed E-state index contributed by atoms with van der Waals surface area (Å²) in [4.78, 5) is 4.88. The molecule has 5 nitrogen and oxygen atoms in total. The largest absolute Gasteiger partial charge is 0.510 e. The van der Waals surface area contributed by atoms with Crippen molar-refractivity contribution in [2.45, 2.75) is 105 Å². The van der Waals surface area contributed by atoms with Crippen LogP contribution < -0.4 is 9.30 Å². The maximum atomic E-state index is 9.37. The van der Waals surface area contributed by atoms with Gasteiger partial charge in [-0.2, -0.15) is 18.2 Å². The van der Waals surface area contributed by atoms with Crippen LogP contribution in [0.5, 0.6) is 11.5 Å². The second kappa shape index (κ2) is 19.7. The average Bonchev–Trinajstić information content (AvgIpc) is 3.97. The van der Waals surface area contributed by atoms with Gasteiger partial charge < -0.3 is 13.9 Å². The summed E-state index contributed by atoms with van der Waals surface area (Å²) in [6.45, 7) is 26.5. The molecule has 0 unspecified atom stereocenters. The van der Waals surface area contributed by atoms with Crippen molar-refractivity contribution in [3.05, 3.63) is 223 Å². The zero-order chi connectivity index (χ0) is 57.0. The second-order valence-corrected chi connectivity index (χ2v) is 23.9. The predicted molar refractivity (Wildman–Crippen MR) is 311 cm³/mol. The molecule has 0 aliphatic heterocycles. The molecule has 0 spiro atoms. The van der Waals surface area contributed by atoms with Crippen LogP contribution in [0.2, 0.25) is 0 Å². The molecule has 0 aliphatic carbocycles. The fourth-order valence-electron chi connectivity index (χ4n) is 9.97. The van der Waals surface area contributed by atoms with Gasteiger partial charge in [0.2, 0.25) is 0 Å². The number of rotatable bonds is 8. The Morgan fingerprint density at radius 2 is 1.13 bits per heavy atom. The van der Waals surface area contributed by atoms with Gasteiger partial charge in [-0.3, -0.25) is 4.57 Å². The fraction of sp³-hybridized carbons (Fsp3) is 0.229. The number of imidazole rings is 1. The van der Waals surface area contributed by atoms with E-state index in [1.54, 1.807) is 0 Å². The van der Waals surface area contributed by atoms with E-state index in [1.165, 1.54) is 11.1 Å². The van der Waals surface area contributed by atoms with Gasteiger partial charge in [-0.25, -0.2) is 4.98 Å². The summed E-state index contributed by atoms with van der Waals surface area (Å²) < 4.78 is 57.9. The monoisotopic (exact) mass is 1180 g/mol. The van der Waals surface area contributed by atoms with E-state index in [-0.39, 0.29) is 60.4 Å². The van der Waals surface area contributed by atoms with Crippen LogP contribution in [0.25, 0.3) is 83.4 Å². The third-order valence-corrected chi connectivity index (χ3v) is 14.4. The number of pyridine rings is 1. The van der Waals surface area contributed by atoms with E-state index in [9.17, 15) is 2.74 Å². The van der Waals surface area contributed by atoms with Crippen LogP contribution in [-0.4, -0.2) is 14.1 Å². The van der Waals surface area contributed by atoms with Gasteiger partial charge in [-0.1, -0.05) is 210 Å². The van der Waals surface area contributed by atoms with Crippen LogP contribution in [0.1, 0.15) is 112 Å². The van der Waals surface area contributed by atoms with Gasteiger partial charge in [-0.05, 0) is 113 Å². The molecule has 0 aliphatic rings. The van der Waals surface area contributed by atoms with Gasteiger partial charge in [0.25, 0.3) is 6.33 Å². The smallest absolute Gasteiger partial charge is 0.268 e. The van der Waals surface area contributed by atoms with Crippen LogP contribution in [-0.2, 0) is 42.7 Å². The molecule has 0 saturated heterocycles. The minimum absolute atomic E-state index is 0. The Morgan fingerprint density at radius 3 is 1.82 bits per heavy atom. The van der Waals surface area contributed by atoms with Gasteiger partial charge >= 0.3 is 0 Å².